The van der Waals surface area contributed by atoms with Gasteiger partial charge in [-0.05, 0) is 32.1 Å². The molecule has 0 spiro atoms. The van der Waals surface area contributed by atoms with Crippen LogP contribution in [0, 0.1) is 0 Å². The molecule has 0 bridgehead atoms. The van der Waals surface area contributed by atoms with Gasteiger partial charge in [0, 0.05) is 18.6 Å². The van der Waals surface area contributed by atoms with E-state index in [1.54, 1.807) is 0 Å². The van der Waals surface area contributed by atoms with Gasteiger partial charge in [0.15, 0.2) is 0 Å². The normalized spacial score (nSPS) is 20.5. The van der Waals surface area contributed by atoms with E-state index in [1.807, 2.05) is 11.8 Å². The predicted molar refractivity (Wildman–Crippen MR) is 78.7 cm³/mol. The van der Waals surface area contributed by atoms with E-state index >= 15 is 0 Å². The molecule has 2 N–H and O–H groups in total. The van der Waals surface area contributed by atoms with Gasteiger partial charge in [0.25, 0.3) is 0 Å². The fraction of sp³-hybridized carbons (Fsp3) is 0.867. The lowest BCUT2D eigenvalue weighted by Gasteiger charge is -2.36. The Kier molecular flexibility index (Phi) is 7.41. The molecule has 1 aliphatic heterocycles. The zero-order valence-corrected chi connectivity index (χ0v) is 12.7. The van der Waals surface area contributed by atoms with Crippen molar-refractivity contribution >= 4 is 12.0 Å². The number of hydrogen-bond donors (Lipinski definition) is 2. The van der Waals surface area contributed by atoms with Crippen molar-refractivity contribution in [3.63, 3.8) is 0 Å². The second kappa shape index (κ2) is 8.82. The van der Waals surface area contributed by atoms with E-state index < -0.39 is 5.97 Å². The topological polar surface area (TPSA) is 69.6 Å². The molecule has 20 heavy (non-hydrogen) atoms. The summed E-state index contributed by atoms with van der Waals surface area (Å²) in [6.45, 7) is 4.93. The molecule has 1 heterocycles. The molecule has 1 saturated heterocycles. The molecular weight excluding hydrogens is 256 g/mol. The number of urea groups is 1. The van der Waals surface area contributed by atoms with Gasteiger partial charge in [-0.15, -0.1) is 0 Å². The highest BCUT2D eigenvalue weighted by molar-refractivity contribution is 5.76. The number of piperidine rings is 1. The second-order valence-corrected chi connectivity index (χ2v) is 5.66. The number of likely N-dealkylation sites (tertiary alicyclic amines) is 1. The smallest absolute Gasteiger partial charge is 0.317 e. The number of aliphatic carboxylic acids is 1. The molecule has 5 heteroatoms. The Morgan fingerprint density at radius 2 is 2.05 bits per heavy atom. The van der Waals surface area contributed by atoms with Crippen LogP contribution in [-0.4, -0.2) is 40.6 Å². The lowest BCUT2D eigenvalue weighted by atomic mass is 9.98. The minimum atomic E-state index is -0.854. The standard InChI is InChI=1S/C15H28N2O3/c1-3-7-12(11-14(18)19)16-15(20)17-10-6-5-9-13(17)8-4-2/h12-13H,3-11H2,1-2H3,(H,16,20)(H,18,19). The summed E-state index contributed by atoms with van der Waals surface area (Å²) in [6, 6.07) is -0.0158. The number of carbonyl (C=O) groups is 2. The number of nitrogens with zero attached hydrogens (tertiary/aromatic N) is 1. The van der Waals surface area contributed by atoms with E-state index in [1.165, 1.54) is 6.42 Å². The molecule has 0 aromatic heterocycles. The number of hydrogen-bond acceptors (Lipinski definition) is 2. The zero-order valence-electron chi connectivity index (χ0n) is 12.7. The molecule has 5 nitrogen and oxygen atoms in total. The maximum absolute atomic E-state index is 12.4. The molecule has 0 radical (unpaired) electrons. The van der Waals surface area contributed by atoms with Gasteiger partial charge >= 0.3 is 12.0 Å². The van der Waals surface area contributed by atoms with Crippen molar-refractivity contribution in [2.45, 2.75) is 77.3 Å². The summed E-state index contributed by atoms with van der Waals surface area (Å²) < 4.78 is 0. The minimum Gasteiger partial charge on any atom is -0.481 e. The molecule has 0 aromatic rings. The minimum absolute atomic E-state index is 0.00582. The van der Waals surface area contributed by atoms with E-state index in [9.17, 15) is 9.59 Å². The van der Waals surface area contributed by atoms with Gasteiger partial charge in [-0.2, -0.15) is 0 Å². The predicted octanol–water partition coefficient (Wildman–Crippen LogP) is 2.99. The SMILES string of the molecule is CCCC(CC(=O)O)NC(=O)N1CCCCC1CCC. The quantitative estimate of drug-likeness (QED) is 0.755. The van der Waals surface area contributed by atoms with Crippen LogP contribution in [0.2, 0.25) is 0 Å². The number of carbonyl (C=O) groups excluding carboxylic acids is 1. The van der Waals surface area contributed by atoms with Crippen LogP contribution in [0.25, 0.3) is 0 Å². The first-order valence-corrected chi connectivity index (χ1v) is 7.87. The first kappa shape index (κ1) is 16.8. The Labute approximate surface area is 121 Å². The molecule has 1 rings (SSSR count). The third kappa shape index (κ3) is 5.39. The van der Waals surface area contributed by atoms with Crippen LogP contribution in [0.3, 0.4) is 0 Å². The average molecular weight is 284 g/mol. The Morgan fingerprint density at radius 1 is 1.30 bits per heavy atom. The van der Waals surface area contributed by atoms with Crippen molar-refractivity contribution < 1.29 is 14.7 Å². The van der Waals surface area contributed by atoms with Gasteiger partial charge in [0.1, 0.15) is 0 Å². The number of carboxylic acids is 1. The number of rotatable bonds is 7. The van der Waals surface area contributed by atoms with Crippen molar-refractivity contribution in [1.82, 2.24) is 10.2 Å². The summed E-state index contributed by atoms with van der Waals surface area (Å²) in [5.74, 6) is -0.854. The fourth-order valence-corrected chi connectivity index (χ4v) is 2.94. The van der Waals surface area contributed by atoms with E-state index in [0.717, 1.165) is 38.6 Å². The largest absolute Gasteiger partial charge is 0.481 e. The van der Waals surface area contributed by atoms with Crippen molar-refractivity contribution in [2.24, 2.45) is 0 Å². The molecule has 2 amide bonds. The van der Waals surface area contributed by atoms with E-state index in [2.05, 4.69) is 12.2 Å². The van der Waals surface area contributed by atoms with Gasteiger partial charge in [0.2, 0.25) is 0 Å². The van der Waals surface area contributed by atoms with Crippen LogP contribution >= 0.6 is 0 Å². The van der Waals surface area contributed by atoms with Gasteiger partial charge in [-0.25, -0.2) is 4.79 Å². The Hall–Kier alpha value is -1.26. The highest BCUT2D eigenvalue weighted by Crippen LogP contribution is 2.21. The van der Waals surface area contributed by atoms with Crippen LogP contribution in [0.15, 0.2) is 0 Å². The van der Waals surface area contributed by atoms with Crippen molar-refractivity contribution in [3.05, 3.63) is 0 Å². The summed E-state index contributed by atoms with van der Waals surface area (Å²) in [4.78, 5) is 25.1. The van der Waals surface area contributed by atoms with Crippen LogP contribution < -0.4 is 5.32 Å². The highest BCUT2D eigenvalue weighted by atomic mass is 16.4. The molecular formula is C15H28N2O3. The third-order valence-corrected chi connectivity index (χ3v) is 3.90. The Morgan fingerprint density at radius 3 is 2.65 bits per heavy atom. The molecule has 116 valence electrons. The molecule has 0 aliphatic carbocycles. The van der Waals surface area contributed by atoms with Crippen molar-refractivity contribution in [2.75, 3.05) is 6.54 Å². The van der Waals surface area contributed by atoms with Crippen LogP contribution in [0.4, 0.5) is 4.79 Å². The summed E-state index contributed by atoms with van der Waals surface area (Å²) in [5, 5.41) is 11.8. The van der Waals surface area contributed by atoms with Gasteiger partial charge in [-0.3, -0.25) is 4.79 Å². The Balaban J connectivity index is 2.58. The molecule has 0 saturated carbocycles. The summed E-state index contributed by atoms with van der Waals surface area (Å²) in [6.07, 6.45) is 6.99. The average Bonchev–Trinajstić information content (AvgIpc) is 2.39. The number of amides is 2. The lowest BCUT2D eigenvalue weighted by Crippen LogP contribution is -2.51. The van der Waals surface area contributed by atoms with Gasteiger partial charge in [-0.1, -0.05) is 26.7 Å². The number of nitrogens with one attached hydrogen (secondary N) is 1. The molecule has 0 aromatic carbocycles. The maximum Gasteiger partial charge on any atom is 0.317 e. The van der Waals surface area contributed by atoms with Crippen LogP contribution in [0.5, 0.6) is 0 Å². The van der Waals surface area contributed by atoms with Gasteiger partial charge < -0.3 is 15.3 Å². The second-order valence-electron chi connectivity index (χ2n) is 5.66. The summed E-state index contributed by atoms with van der Waals surface area (Å²) >= 11 is 0. The first-order valence-electron chi connectivity index (χ1n) is 7.87. The molecule has 2 unspecified atom stereocenters. The zero-order chi connectivity index (χ0) is 15.0. The third-order valence-electron chi connectivity index (χ3n) is 3.90. The molecule has 1 fully saturated rings. The fourth-order valence-electron chi connectivity index (χ4n) is 2.94. The lowest BCUT2D eigenvalue weighted by molar-refractivity contribution is -0.137. The highest BCUT2D eigenvalue weighted by Gasteiger charge is 2.27. The molecule has 2 atom stereocenters. The summed E-state index contributed by atoms with van der Waals surface area (Å²) in [5.41, 5.74) is 0. The van der Waals surface area contributed by atoms with Gasteiger partial charge in [0.05, 0.1) is 6.42 Å². The van der Waals surface area contributed by atoms with Crippen LogP contribution in [0.1, 0.15) is 65.2 Å². The van der Waals surface area contributed by atoms with Crippen molar-refractivity contribution in [3.8, 4) is 0 Å². The Bertz CT molecular complexity index is 318. The van der Waals surface area contributed by atoms with E-state index in [4.69, 9.17) is 5.11 Å². The maximum atomic E-state index is 12.4. The van der Waals surface area contributed by atoms with Crippen LogP contribution in [-0.2, 0) is 4.79 Å². The van der Waals surface area contributed by atoms with E-state index in [0.29, 0.717) is 12.5 Å². The molecule has 1 aliphatic rings. The monoisotopic (exact) mass is 284 g/mol. The number of carboxylic acid groups (broad SMARTS) is 1. The summed E-state index contributed by atoms with van der Waals surface area (Å²) in [7, 11) is 0. The van der Waals surface area contributed by atoms with Crippen molar-refractivity contribution in [1.29, 1.82) is 0 Å². The van der Waals surface area contributed by atoms with E-state index in [-0.39, 0.29) is 18.5 Å². The first-order chi connectivity index (χ1) is 9.58.